The minimum absolute atomic E-state index is 0.0374. The highest BCUT2D eigenvalue weighted by molar-refractivity contribution is 5.87. The van der Waals surface area contributed by atoms with E-state index >= 15 is 0 Å². The summed E-state index contributed by atoms with van der Waals surface area (Å²) < 4.78 is 6.06. The highest BCUT2D eigenvalue weighted by Gasteiger charge is 2.62. The summed E-state index contributed by atoms with van der Waals surface area (Å²) in [6.07, 6.45) is 11.8. The Labute approximate surface area is 175 Å². The number of fused-ring (bicyclic) bond motifs is 5. The van der Waals surface area contributed by atoms with E-state index in [4.69, 9.17) is 4.74 Å². The summed E-state index contributed by atoms with van der Waals surface area (Å²) in [5.74, 6) is 3.18. The number of rotatable bonds is 2. The van der Waals surface area contributed by atoms with Crippen LogP contribution in [0.4, 0.5) is 0 Å². The normalized spacial score (nSPS) is 49.9. The van der Waals surface area contributed by atoms with Crippen molar-refractivity contribution in [2.45, 2.75) is 77.2 Å². The van der Waals surface area contributed by atoms with Crippen LogP contribution in [0.2, 0.25) is 0 Å². The van der Waals surface area contributed by atoms with E-state index in [1.165, 1.54) is 19.3 Å². The minimum atomic E-state index is -0.290. The lowest BCUT2D eigenvalue weighted by molar-refractivity contribution is -0.199. The third-order valence-electron chi connectivity index (χ3n) is 10.1. The number of esters is 1. The molecule has 4 aliphatic carbocycles. The number of hydrogen-bond donors (Lipinski definition) is 0. The van der Waals surface area contributed by atoms with Gasteiger partial charge in [-0.2, -0.15) is 0 Å². The molecule has 5 aliphatic rings. The highest BCUT2D eigenvalue weighted by Crippen LogP contribution is 2.66. The summed E-state index contributed by atoms with van der Waals surface area (Å²) in [5, 5.41) is 0. The molecule has 4 nitrogen and oxygen atoms in total. The van der Waals surface area contributed by atoms with Crippen molar-refractivity contribution in [3.8, 4) is 0 Å². The molecule has 5 rings (SSSR count). The van der Waals surface area contributed by atoms with E-state index in [1.807, 2.05) is 6.08 Å². The molecule has 7 atom stereocenters. The molecule has 4 saturated carbocycles. The molecule has 1 saturated heterocycles. The van der Waals surface area contributed by atoms with E-state index in [0.717, 1.165) is 63.5 Å². The summed E-state index contributed by atoms with van der Waals surface area (Å²) in [6, 6.07) is 0. The van der Waals surface area contributed by atoms with Crippen LogP contribution in [0.25, 0.3) is 0 Å². The molecule has 0 aromatic carbocycles. The Kier molecular flexibility index (Phi) is 4.55. The van der Waals surface area contributed by atoms with Gasteiger partial charge in [-0.15, -0.1) is 6.58 Å². The lowest BCUT2D eigenvalue weighted by atomic mass is 9.44. The first-order valence-corrected chi connectivity index (χ1v) is 11.9. The second kappa shape index (κ2) is 6.67. The molecule has 0 N–H and O–H groups in total. The van der Waals surface area contributed by atoms with Gasteiger partial charge in [-0.25, -0.2) is 0 Å². The zero-order valence-electron chi connectivity index (χ0n) is 18.3. The van der Waals surface area contributed by atoms with Crippen LogP contribution in [0.1, 0.15) is 71.6 Å². The maximum absolute atomic E-state index is 12.6. The van der Waals surface area contributed by atoms with Crippen molar-refractivity contribution in [2.24, 2.45) is 34.5 Å². The first-order chi connectivity index (χ1) is 13.8. The molecule has 0 bridgehead atoms. The predicted molar refractivity (Wildman–Crippen MR) is 112 cm³/mol. The fourth-order valence-corrected chi connectivity index (χ4v) is 8.58. The van der Waals surface area contributed by atoms with Gasteiger partial charge in [0.25, 0.3) is 0 Å². The summed E-state index contributed by atoms with van der Waals surface area (Å²) in [5.41, 5.74) is 0.0143. The lowest BCUT2D eigenvalue weighted by Crippen LogP contribution is -2.61. The van der Waals surface area contributed by atoms with Crippen molar-refractivity contribution in [3.05, 3.63) is 12.7 Å². The maximum atomic E-state index is 12.6. The molecular formula is C25H37NO3. The van der Waals surface area contributed by atoms with E-state index in [2.05, 4.69) is 25.3 Å². The number of hydrogen-bond acceptors (Lipinski definition) is 4. The molecule has 0 radical (unpaired) electrons. The number of nitrogens with zero attached hydrogens (tertiary/aromatic N) is 1. The van der Waals surface area contributed by atoms with Gasteiger partial charge in [0.1, 0.15) is 11.4 Å². The van der Waals surface area contributed by atoms with Gasteiger partial charge in [0.15, 0.2) is 0 Å². The number of ketones is 1. The molecule has 29 heavy (non-hydrogen) atoms. The number of carbonyl (C=O) groups is 2. The zero-order valence-corrected chi connectivity index (χ0v) is 18.3. The zero-order chi connectivity index (χ0) is 20.4. The van der Waals surface area contributed by atoms with E-state index in [0.29, 0.717) is 29.6 Å². The number of Topliss-reactive ketones (excluding diaryl/α,β-unsaturated/α-hetero) is 1. The van der Waals surface area contributed by atoms with Crippen molar-refractivity contribution in [2.75, 3.05) is 19.6 Å². The lowest BCUT2D eigenvalue weighted by Gasteiger charge is -2.62. The quantitative estimate of drug-likeness (QED) is 0.511. The minimum Gasteiger partial charge on any atom is -0.457 e. The van der Waals surface area contributed by atoms with Gasteiger partial charge in [0.2, 0.25) is 0 Å². The monoisotopic (exact) mass is 399 g/mol. The highest BCUT2D eigenvalue weighted by atomic mass is 16.6. The summed E-state index contributed by atoms with van der Waals surface area (Å²) in [4.78, 5) is 27.2. The predicted octanol–water partition coefficient (Wildman–Crippen LogP) is 4.38. The van der Waals surface area contributed by atoms with Crippen LogP contribution in [0.15, 0.2) is 12.7 Å². The Morgan fingerprint density at radius 1 is 1.10 bits per heavy atom. The Bertz CT molecular complexity index is 734. The van der Waals surface area contributed by atoms with Crippen molar-refractivity contribution in [1.82, 2.24) is 4.90 Å². The first kappa shape index (κ1) is 19.8. The van der Waals surface area contributed by atoms with Gasteiger partial charge in [0.05, 0.1) is 6.54 Å². The summed E-state index contributed by atoms with van der Waals surface area (Å²) in [7, 11) is 0. The Hall–Kier alpha value is -1.16. The third kappa shape index (κ3) is 2.88. The summed E-state index contributed by atoms with van der Waals surface area (Å²) in [6.45, 7) is 10.7. The maximum Gasteiger partial charge on any atom is 0.320 e. The van der Waals surface area contributed by atoms with Gasteiger partial charge < -0.3 is 4.74 Å². The van der Waals surface area contributed by atoms with Gasteiger partial charge in [-0.1, -0.05) is 19.9 Å². The van der Waals surface area contributed by atoms with Gasteiger partial charge in [-0.3, -0.25) is 14.5 Å². The van der Waals surface area contributed by atoms with Crippen molar-refractivity contribution in [3.63, 3.8) is 0 Å². The van der Waals surface area contributed by atoms with Crippen LogP contribution in [0.5, 0.6) is 0 Å². The molecule has 0 unspecified atom stereocenters. The largest absolute Gasteiger partial charge is 0.457 e. The molecule has 1 spiro atoms. The van der Waals surface area contributed by atoms with Gasteiger partial charge in [-0.05, 0) is 80.5 Å². The second-order valence-electron chi connectivity index (χ2n) is 11.4. The standard InChI is InChI=1S/C25H37NO3/c1-4-13-26-15-22(28)29-25(16-26)12-11-23(2)17(14-25)5-6-18-19-7-8-21(27)24(19,3)10-9-20(18)23/h4,17-20H,1,5-16H2,2-3H3/t17-,18-,19-,20-,23-,24-,25+/m0/s1. The molecule has 160 valence electrons. The second-order valence-corrected chi connectivity index (χ2v) is 11.4. The Morgan fingerprint density at radius 2 is 1.93 bits per heavy atom. The van der Waals surface area contributed by atoms with Crippen LogP contribution in [-0.2, 0) is 14.3 Å². The molecule has 1 heterocycles. The molecule has 1 aliphatic heterocycles. The van der Waals surface area contributed by atoms with E-state index in [-0.39, 0.29) is 17.0 Å². The number of carbonyl (C=O) groups excluding carboxylic acids is 2. The van der Waals surface area contributed by atoms with Crippen LogP contribution in [0.3, 0.4) is 0 Å². The van der Waals surface area contributed by atoms with Crippen LogP contribution >= 0.6 is 0 Å². The first-order valence-electron chi connectivity index (χ1n) is 11.9. The van der Waals surface area contributed by atoms with E-state index in [9.17, 15) is 9.59 Å². The van der Waals surface area contributed by atoms with E-state index < -0.39 is 0 Å². The third-order valence-corrected chi connectivity index (χ3v) is 10.1. The number of ether oxygens (including phenoxy) is 1. The van der Waals surface area contributed by atoms with Gasteiger partial charge in [0, 0.05) is 24.9 Å². The molecule has 0 aromatic rings. The van der Waals surface area contributed by atoms with Crippen molar-refractivity contribution >= 4 is 11.8 Å². The van der Waals surface area contributed by atoms with Crippen molar-refractivity contribution in [1.29, 1.82) is 0 Å². The summed E-state index contributed by atoms with van der Waals surface area (Å²) >= 11 is 0. The molecule has 5 fully saturated rings. The Balaban J connectivity index is 1.37. The number of morpholine rings is 1. The fraction of sp³-hybridized carbons (Fsp3) is 0.840. The smallest absolute Gasteiger partial charge is 0.320 e. The topological polar surface area (TPSA) is 46.6 Å². The van der Waals surface area contributed by atoms with Crippen molar-refractivity contribution < 1.29 is 14.3 Å². The van der Waals surface area contributed by atoms with Crippen LogP contribution < -0.4 is 0 Å². The SMILES string of the molecule is C=CCN1CC(=O)O[C@@]2(CC[C@@]3(C)[C@@H](CC[C@@H]4[C@@H]3CC[C@]3(C)C(=O)CC[C@@H]43)C2)C1. The average molecular weight is 400 g/mol. The fourth-order valence-electron chi connectivity index (χ4n) is 8.58. The van der Waals surface area contributed by atoms with Gasteiger partial charge >= 0.3 is 5.97 Å². The molecular weight excluding hydrogens is 362 g/mol. The van der Waals surface area contributed by atoms with Crippen LogP contribution in [-0.4, -0.2) is 41.9 Å². The average Bonchev–Trinajstić information content (AvgIpc) is 2.97. The van der Waals surface area contributed by atoms with E-state index in [1.54, 1.807) is 0 Å². The van der Waals surface area contributed by atoms with Crippen LogP contribution in [0, 0.1) is 34.5 Å². The molecule has 4 heteroatoms. The Morgan fingerprint density at radius 3 is 2.72 bits per heavy atom. The molecule has 0 aromatic heterocycles. The molecule has 0 amide bonds.